The van der Waals surface area contributed by atoms with Crippen molar-refractivity contribution in [1.82, 2.24) is 0 Å². The van der Waals surface area contributed by atoms with Gasteiger partial charge in [-0.3, -0.25) is 0 Å². The van der Waals surface area contributed by atoms with Crippen LogP contribution in [0.15, 0.2) is 30.3 Å². The fourth-order valence-corrected chi connectivity index (χ4v) is 3.80. The number of hydrogen-bond acceptors (Lipinski definition) is 11. The summed E-state index contributed by atoms with van der Waals surface area (Å²) in [6.07, 6.45) is -14.9. The average Bonchev–Trinajstić information content (AvgIpc) is 2.76. The first-order chi connectivity index (χ1) is 14.2. The maximum absolute atomic E-state index is 10.5. The first-order valence-electron chi connectivity index (χ1n) is 9.57. The van der Waals surface area contributed by atoms with Crippen molar-refractivity contribution in [3.63, 3.8) is 0 Å². The Morgan fingerprint density at radius 1 is 0.867 bits per heavy atom. The second-order valence-corrected chi connectivity index (χ2v) is 7.63. The van der Waals surface area contributed by atoms with Crippen LogP contribution in [0, 0.1) is 0 Å². The van der Waals surface area contributed by atoms with Crippen LogP contribution < -0.4 is 0 Å². The van der Waals surface area contributed by atoms with Crippen LogP contribution in [0.3, 0.4) is 0 Å². The molecule has 170 valence electrons. The Morgan fingerprint density at radius 3 is 2.13 bits per heavy atom. The van der Waals surface area contributed by atoms with Crippen molar-refractivity contribution in [2.45, 2.75) is 67.3 Å². The van der Waals surface area contributed by atoms with Crippen molar-refractivity contribution in [3.8, 4) is 0 Å². The molecule has 2 aliphatic rings. The summed E-state index contributed by atoms with van der Waals surface area (Å²) in [5.41, 5.74) is -1.08. The SMILES string of the molecule is OC[C@H]1O[C@@H](O)[C@H](O)[C@@H](O)[C@@H]1O[C@H]1O[C@@](CO)(Cc2ccccc2)[C@H](O)[C@H](O)[C@H]1O. The van der Waals surface area contributed by atoms with Crippen molar-refractivity contribution in [3.05, 3.63) is 35.9 Å². The van der Waals surface area contributed by atoms with E-state index in [0.717, 1.165) is 0 Å². The molecule has 11 heteroatoms. The summed E-state index contributed by atoms with van der Waals surface area (Å²) in [5, 5.41) is 80.4. The van der Waals surface area contributed by atoms with Gasteiger partial charge in [-0.2, -0.15) is 0 Å². The van der Waals surface area contributed by atoms with Crippen LogP contribution in [-0.2, 0) is 20.6 Å². The van der Waals surface area contributed by atoms with Gasteiger partial charge in [-0.05, 0) is 5.56 Å². The molecule has 0 saturated carbocycles. The standard InChI is InChI=1S/C19H28O11/c20-7-10-15(11(22)13(24)17(27)28-10)29-18-14(25)12(23)16(26)19(8-21,30-18)6-9-4-2-1-3-5-9/h1-5,10-18,20-27H,6-8H2/t10-,11-,12-,13-,14-,15-,16-,17-,18+,19-/m1/s1. The fraction of sp³-hybridized carbons (Fsp3) is 0.684. The predicted molar refractivity (Wildman–Crippen MR) is 97.7 cm³/mol. The molecule has 30 heavy (non-hydrogen) atoms. The summed E-state index contributed by atoms with van der Waals surface area (Å²) in [4.78, 5) is 0. The zero-order valence-electron chi connectivity index (χ0n) is 16.0. The molecule has 0 aliphatic carbocycles. The smallest absolute Gasteiger partial charge is 0.187 e. The molecular formula is C19H28O11. The molecule has 2 heterocycles. The molecule has 0 spiro atoms. The highest BCUT2D eigenvalue weighted by atomic mass is 16.7. The summed E-state index contributed by atoms with van der Waals surface area (Å²) < 4.78 is 16.2. The third kappa shape index (κ3) is 4.38. The zero-order valence-corrected chi connectivity index (χ0v) is 16.0. The molecule has 2 fully saturated rings. The first-order valence-corrected chi connectivity index (χ1v) is 9.57. The Balaban J connectivity index is 1.85. The van der Waals surface area contributed by atoms with Crippen LogP contribution >= 0.6 is 0 Å². The average molecular weight is 432 g/mol. The highest BCUT2D eigenvalue weighted by molar-refractivity contribution is 5.19. The Hall–Kier alpha value is -1.22. The quantitative estimate of drug-likeness (QED) is 0.220. The molecule has 3 rings (SSSR count). The van der Waals surface area contributed by atoms with Gasteiger partial charge < -0.3 is 55.1 Å². The van der Waals surface area contributed by atoms with Crippen molar-refractivity contribution in [2.75, 3.05) is 13.2 Å². The molecule has 8 N–H and O–H groups in total. The van der Waals surface area contributed by atoms with E-state index in [1.54, 1.807) is 30.3 Å². The molecule has 0 aromatic heterocycles. The number of aliphatic hydroxyl groups excluding tert-OH is 8. The summed E-state index contributed by atoms with van der Waals surface area (Å²) in [6, 6.07) is 8.70. The minimum absolute atomic E-state index is 0.0381. The number of ether oxygens (including phenoxy) is 3. The zero-order chi connectivity index (χ0) is 22.1. The van der Waals surface area contributed by atoms with E-state index >= 15 is 0 Å². The second kappa shape index (κ2) is 9.51. The molecule has 1 aromatic rings. The molecule has 1 aromatic carbocycles. The Labute approximate surface area is 172 Å². The lowest BCUT2D eigenvalue weighted by molar-refractivity contribution is -0.374. The number of aliphatic hydroxyl groups is 8. The molecule has 2 aliphatic heterocycles. The lowest BCUT2D eigenvalue weighted by atomic mass is 9.82. The third-order valence-corrected chi connectivity index (χ3v) is 5.59. The Morgan fingerprint density at radius 2 is 1.53 bits per heavy atom. The largest absolute Gasteiger partial charge is 0.394 e. The van der Waals surface area contributed by atoms with Crippen molar-refractivity contribution in [1.29, 1.82) is 0 Å². The second-order valence-electron chi connectivity index (χ2n) is 7.63. The van der Waals surface area contributed by atoms with Crippen molar-refractivity contribution < 1.29 is 55.1 Å². The number of hydrogen-bond donors (Lipinski definition) is 8. The van der Waals surface area contributed by atoms with Crippen LogP contribution in [0.1, 0.15) is 5.56 Å². The highest BCUT2D eigenvalue weighted by Gasteiger charge is 2.55. The molecule has 2 saturated heterocycles. The molecule has 0 radical (unpaired) electrons. The van der Waals surface area contributed by atoms with E-state index in [4.69, 9.17) is 14.2 Å². The molecule has 0 unspecified atom stereocenters. The minimum Gasteiger partial charge on any atom is -0.394 e. The lowest BCUT2D eigenvalue weighted by Gasteiger charge is -2.50. The van der Waals surface area contributed by atoms with Gasteiger partial charge in [0.15, 0.2) is 12.6 Å². The molecule has 0 bridgehead atoms. The van der Waals surface area contributed by atoms with Gasteiger partial charge in [0.25, 0.3) is 0 Å². The van der Waals surface area contributed by atoms with Crippen LogP contribution in [-0.4, -0.2) is 115 Å². The van der Waals surface area contributed by atoms with Gasteiger partial charge in [0.1, 0.15) is 48.3 Å². The normalized spacial score (nSPS) is 44.7. The lowest BCUT2D eigenvalue weighted by Crippen LogP contribution is -2.69. The summed E-state index contributed by atoms with van der Waals surface area (Å²) in [5.74, 6) is 0. The van der Waals surface area contributed by atoms with E-state index in [-0.39, 0.29) is 6.42 Å². The Bertz CT molecular complexity index is 674. The summed E-state index contributed by atoms with van der Waals surface area (Å²) in [6.45, 7) is -1.43. The van der Waals surface area contributed by atoms with Crippen LogP contribution in [0.5, 0.6) is 0 Å². The maximum Gasteiger partial charge on any atom is 0.187 e. The molecule has 0 amide bonds. The van der Waals surface area contributed by atoms with Crippen LogP contribution in [0.4, 0.5) is 0 Å². The fourth-order valence-electron chi connectivity index (χ4n) is 3.80. The highest BCUT2D eigenvalue weighted by Crippen LogP contribution is 2.35. The van der Waals surface area contributed by atoms with E-state index in [9.17, 15) is 40.9 Å². The topological polar surface area (TPSA) is 190 Å². The number of rotatable bonds is 6. The van der Waals surface area contributed by atoms with E-state index in [1.165, 1.54) is 0 Å². The van der Waals surface area contributed by atoms with Crippen molar-refractivity contribution >= 4 is 0 Å². The Kier molecular flexibility index (Phi) is 7.43. The van der Waals surface area contributed by atoms with E-state index in [2.05, 4.69) is 0 Å². The monoisotopic (exact) mass is 432 g/mol. The van der Waals surface area contributed by atoms with Gasteiger partial charge in [-0.25, -0.2) is 0 Å². The molecule has 11 nitrogen and oxygen atoms in total. The van der Waals surface area contributed by atoms with E-state index < -0.39 is 74.1 Å². The van der Waals surface area contributed by atoms with Gasteiger partial charge >= 0.3 is 0 Å². The first kappa shape index (κ1) is 23.4. The molecular weight excluding hydrogens is 404 g/mol. The van der Waals surface area contributed by atoms with Gasteiger partial charge in [0.2, 0.25) is 0 Å². The van der Waals surface area contributed by atoms with Crippen molar-refractivity contribution in [2.24, 2.45) is 0 Å². The van der Waals surface area contributed by atoms with Gasteiger partial charge in [0, 0.05) is 6.42 Å². The van der Waals surface area contributed by atoms with E-state index in [1.807, 2.05) is 0 Å². The maximum atomic E-state index is 10.5. The summed E-state index contributed by atoms with van der Waals surface area (Å²) >= 11 is 0. The predicted octanol–water partition coefficient (Wildman–Crippen LogP) is -3.78. The van der Waals surface area contributed by atoms with Crippen LogP contribution in [0.2, 0.25) is 0 Å². The number of benzene rings is 1. The third-order valence-electron chi connectivity index (χ3n) is 5.59. The van der Waals surface area contributed by atoms with Gasteiger partial charge in [-0.15, -0.1) is 0 Å². The van der Waals surface area contributed by atoms with Gasteiger partial charge in [0.05, 0.1) is 13.2 Å². The van der Waals surface area contributed by atoms with Gasteiger partial charge in [-0.1, -0.05) is 30.3 Å². The van der Waals surface area contributed by atoms with E-state index in [0.29, 0.717) is 5.56 Å². The van der Waals surface area contributed by atoms with Crippen LogP contribution in [0.25, 0.3) is 0 Å². The molecule has 10 atom stereocenters. The minimum atomic E-state index is -1.79. The summed E-state index contributed by atoms with van der Waals surface area (Å²) in [7, 11) is 0.